The number of oxime groups is 1. The van der Waals surface area contributed by atoms with Gasteiger partial charge in [-0.15, -0.1) is 0 Å². The third-order valence-corrected chi connectivity index (χ3v) is 2.41. The summed E-state index contributed by atoms with van der Waals surface area (Å²) in [6.45, 7) is 0. The predicted molar refractivity (Wildman–Crippen MR) is 47.6 cm³/mol. The van der Waals surface area contributed by atoms with Gasteiger partial charge >= 0.3 is 0 Å². The summed E-state index contributed by atoms with van der Waals surface area (Å²) in [4.78, 5) is 0. The number of nitrogens with zero attached hydrogens (tertiary/aromatic N) is 1. The summed E-state index contributed by atoms with van der Waals surface area (Å²) >= 11 is 0. The molecule has 0 saturated carbocycles. The molecule has 0 bridgehead atoms. The minimum atomic E-state index is -0.646. The second-order valence-corrected chi connectivity index (χ2v) is 3.32. The highest BCUT2D eigenvalue weighted by atomic mass is 19.1. The lowest BCUT2D eigenvalue weighted by Crippen LogP contribution is -2.14. The third-order valence-electron chi connectivity index (χ3n) is 2.41. The molecule has 2 rings (SSSR count). The quantitative estimate of drug-likeness (QED) is 0.503. The van der Waals surface area contributed by atoms with Gasteiger partial charge in [0, 0.05) is 11.6 Å². The molecule has 0 unspecified atom stereocenters. The maximum atomic E-state index is 13.3. The number of hydrogen-bond acceptors (Lipinski definition) is 2. The summed E-state index contributed by atoms with van der Waals surface area (Å²) in [6.07, 6.45) is 1.92. The van der Waals surface area contributed by atoms with E-state index >= 15 is 0 Å². The average Bonchev–Trinajstić information content (AvgIpc) is 2.16. The van der Waals surface area contributed by atoms with Crippen molar-refractivity contribution in [3.63, 3.8) is 0 Å². The van der Waals surface area contributed by atoms with Crippen LogP contribution in [0.15, 0.2) is 17.3 Å². The van der Waals surface area contributed by atoms with Crippen LogP contribution in [0.1, 0.15) is 24.0 Å². The fourth-order valence-corrected chi connectivity index (χ4v) is 1.82. The van der Waals surface area contributed by atoms with Crippen molar-refractivity contribution >= 4 is 5.71 Å². The fraction of sp³-hybridized carbons (Fsp3) is 0.300. The Labute approximate surface area is 79.9 Å². The van der Waals surface area contributed by atoms with Crippen LogP contribution < -0.4 is 0 Å². The van der Waals surface area contributed by atoms with Gasteiger partial charge in [0.05, 0.1) is 5.71 Å². The first-order chi connectivity index (χ1) is 6.72. The zero-order valence-electron chi connectivity index (χ0n) is 7.43. The first kappa shape index (κ1) is 9.12. The van der Waals surface area contributed by atoms with E-state index in [0.717, 1.165) is 12.5 Å². The summed E-state index contributed by atoms with van der Waals surface area (Å²) < 4.78 is 26.2. The predicted octanol–water partition coefficient (Wildman–Crippen LogP) is 2.48. The molecule has 0 spiro atoms. The molecule has 0 aliphatic heterocycles. The van der Waals surface area contributed by atoms with Gasteiger partial charge in [-0.05, 0) is 30.9 Å². The Kier molecular flexibility index (Phi) is 2.19. The Bertz CT molecular complexity index is 401. The largest absolute Gasteiger partial charge is 0.411 e. The molecule has 1 N–H and O–H groups in total. The molecule has 74 valence electrons. The van der Waals surface area contributed by atoms with Crippen LogP contribution in [0.3, 0.4) is 0 Å². The zero-order chi connectivity index (χ0) is 10.1. The van der Waals surface area contributed by atoms with Crippen LogP contribution in [0.25, 0.3) is 0 Å². The topological polar surface area (TPSA) is 32.6 Å². The molecule has 0 aromatic heterocycles. The Balaban J connectivity index is 2.63. The van der Waals surface area contributed by atoms with E-state index in [2.05, 4.69) is 5.16 Å². The molecule has 1 aliphatic rings. The van der Waals surface area contributed by atoms with Gasteiger partial charge in [0.25, 0.3) is 0 Å². The lowest BCUT2D eigenvalue weighted by Gasteiger charge is -2.17. The van der Waals surface area contributed by atoms with Crippen LogP contribution in [-0.4, -0.2) is 10.9 Å². The second kappa shape index (κ2) is 3.36. The zero-order valence-corrected chi connectivity index (χ0v) is 7.43. The highest BCUT2D eigenvalue weighted by molar-refractivity contribution is 6.02. The summed E-state index contributed by atoms with van der Waals surface area (Å²) in [5, 5.41) is 11.7. The van der Waals surface area contributed by atoms with E-state index in [4.69, 9.17) is 5.21 Å². The Morgan fingerprint density at radius 2 is 2.00 bits per heavy atom. The van der Waals surface area contributed by atoms with Crippen LogP contribution in [0.4, 0.5) is 8.78 Å². The Hall–Kier alpha value is -1.45. The molecular formula is C10H9F2NO. The van der Waals surface area contributed by atoms with Gasteiger partial charge in [0.1, 0.15) is 11.6 Å². The summed E-state index contributed by atoms with van der Waals surface area (Å²) in [5.74, 6) is -1.23. The fourth-order valence-electron chi connectivity index (χ4n) is 1.82. The van der Waals surface area contributed by atoms with Crippen molar-refractivity contribution in [3.05, 3.63) is 34.9 Å². The highest BCUT2D eigenvalue weighted by Gasteiger charge is 2.20. The first-order valence-electron chi connectivity index (χ1n) is 4.41. The molecule has 4 heteroatoms. The Morgan fingerprint density at radius 1 is 1.21 bits per heavy atom. The molecule has 0 fully saturated rings. The molecule has 0 heterocycles. The van der Waals surface area contributed by atoms with Crippen molar-refractivity contribution in [2.24, 2.45) is 5.16 Å². The molecule has 0 atom stereocenters. The van der Waals surface area contributed by atoms with Gasteiger partial charge in [-0.1, -0.05) is 5.16 Å². The van der Waals surface area contributed by atoms with E-state index < -0.39 is 11.6 Å². The van der Waals surface area contributed by atoms with Crippen LogP contribution >= 0.6 is 0 Å². The number of halogens is 2. The van der Waals surface area contributed by atoms with Crippen molar-refractivity contribution in [1.82, 2.24) is 0 Å². The highest BCUT2D eigenvalue weighted by Crippen LogP contribution is 2.25. The summed E-state index contributed by atoms with van der Waals surface area (Å²) in [6, 6.07) is 2.11. The van der Waals surface area contributed by atoms with Crippen molar-refractivity contribution in [2.75, 3.05) is 0 Å². The SMILES string of the molecule is O/N=C1\CCCc2cc(F)cc(F)c21. The van der Waals surface area contributed by atoms with E-state index in [9.17, 15) is 8.78 Å². The first-order valence-corrected chi connectivity index (χ1v) is 4.41. The van der Waals surface area contributed by atoms with Gasteiger partial charge in [-0.3, -0.25) is 0 Å². The average molecular weight is 197 g/mol. The minimum absolute atomic E-state index is 0.264. The third kappa shape index (κ3) is 1.36. The number of rotatable bonds is 0. The lowest BCUT2D eigenvalue weighted by molar-refractivity contribution is 0.317. The number of aryl methyl sites for hydroxylation is 1. The monoisotopic (exact) mass is 197 g/mol. The smallest absolute Gasteiger partial charge is 0.135 e. The van der Waals surface area contributed by atoms with Crippen molar-refractivity contribution in [1.29, 1.82) is 0 Å². The van der Waals surface area contributed by atoms with Crippen LogP contribution in [0.2, 0.25) is 0 Å². The Morgan fingerprint density at radius 3 is 2.71 bits per heavy atom. The molecule has 0 radical (unpaired) electrons. The second-order valence-electron chi connectivity index (χ2n) is 3.32. The molecule has 0 saturated heterocycles. The normalized spacial score (nSPS) is 18.3. The number of benzene rings is 1. The van der Waals surface area contributed by atoms with Gasteiger partial charge in [-0.2, -0.15) is 0 Å². The minimum Gasteiger partial charge on any atom is -0.411 e. The van der Waals surface area contributed by atoms with Crippen molar-refractivity contribution in [2.45, 2.75) is 19.3 Å². The maximum Gasteiger partial charge on any atom is 0.135 e. The number of hydrogen-bond donors (Lipinski definition) is 1. The van der Waals surface area contributed by atoms with E-state index in [0.29, 0.717) is 24.1 Å². The van der Waals surface area contributed by atoms with Gasteiger partial charge in [0.15, 0.2) is 0 Å². The van der Waals surface area contributed by atoms with E-state index in [1.165, 1.54) is 6.07 Å². The molecular weight excluding hydrogens is 188 g/mol. The van der Waals surface area contributed by atoms with Crippen LogP contribution in [-0.2, 0) is 6.42 Å². The van der Waals surface area contributed by atoms with E-state index in [-0.39, 0.29) is 5.56 Å². The van der Waals surface area contributed by atoms with Crippen molar-refractivity contribution < 1.29 is 14.0 Å². The van der Waals surface area contributed by atoms with Gasteiger partial charge in [0.2, 0.25) is 0 Å². The van der Waals surface area contributed by atoms with E-state index in [1.54, 1.807) is 0 Å². The van der Waals surface area contributed by atoms with Gasteiger partial charge in [-0.25, -0.2) is 8.78 Å². The molecule has 1 aliphatic carbocycles. The van der Waals surface area contributed by atoms with Crippen LogP contribution in [0, 0.1) is 11.6 Å². The molecule has 0 amide bonds. The molecule has 1 aromatic rings. The van der Waals surface area contributed by atoms with E-state index in [1.807, 2.05) is 0 Å². The van der Waals surface area contributed by atoms with Gasteiger partial charge < -0.3 is 5.21 Å². The summed E-state index contributed by atoms with van der Waals surface area (Å²) in [5.41, 5.74) is 1.16. The molecule has 1 aromatic carbocycles. The maximum absolute atomic E-state index is 13.3. The van der Waals surface area contributed by atoms with Crippen LogP contribution in [0.5, 0.6) is 0 Å². The molecule has 14 heavy (non-hydrogen) atoms. The number of fused-ring (bicyclic) bond motifs is 1. The summed E-state index contributed by atoms with van der Waals surface area (Å²) in [7, 11) is 0. The molecule has 2 nitrogen and oxygen atoms in total. The standard InChI is InChI=1S/C10H9F2NO/c11-7-4-6-2-1-3-9(13-14)10(6)8(12)5-7/h4-5,14H,1-3H2/b13-9+. The lowest BCUT2D eigenvalue weighted by atomic mass is 9.89. The van der Waals surface area contributed by atoms with Crippen molar-refractivity contribution in [3.8, 4) is 0 Å².